The van der Waals surface area contributed by atoms with Crippen LogP contribution in [0.5, 0.6) is 0 Å². The normalized spacial score (nSPS) is 15.8. The molecule has 0 rings (SSSR count). The summed E-state index contributed by atoms with van der Waals surface area (Å²) >= 11 is 4.79. The first-order valence-corrected chi connectivity index (χ1v) is 2.95. The van der Waals surface area contributed by atoms with E-state index in [0.29, 0.717) is 0 Å². The van der Waals surface area contributed by atoms with Gasteiger partial charge in [-0.05, 0) is 0 Å². The average molecular weight is 160 g/mol. The number of hydrogen-bond acceptors (Lipinski definition) is 3. The van der Waals surface area contributed by atoms with Crippen LogP contribution >= 0.6 is 11.6 Å². The van der Waals surface area contributed by atoms with Gasteiger partial charge >= 0.3 is 29.6 Å². The molecule has 0 aliphatic heterocycles. The van der Waals surface area contributed by atoms with Crippen LogP contribution < -0.4 is 34.7 Å². The SMILES string of the molecule is O=C([O-])[C](O)([AlH2])Cl.[Na+]. The van der Waals surface area contributed by atoms with E-state index in [1.165, 1.54) is 0 Å². The Hall–Kier alpha value is 1.25. The molecular weight excluding hydrogens is 157 g/mol. The largest absolute Gasteiger partial charge is 1.00 e. The molecule has 0 heterocycles. The summed E-state index contributed by atoms with van der Waals surface area (Å²) in [6, 6.07) is 0. The van der Waals surface area contributed by atoms with E-state index in [2.05, 4.69) is 0 Å². The smallest absolute Gasteiger partial charge is 0.547 e. The van der Waals surface area contributed by atoms with Gasteiger partial charge in [-0.1, -0.05) is 0 Å². The van der Waals surface area contributed by atoms with Gasteiger partial charge in [-0.3, -0.25) is 0 Å². The first-order valence-electron chi connectivity index (χ1n) is 1.57. The van der Waals surface area contributed by atoms with Crippen LogP contribution in [0.3, 0.4) is 0 Å². The van der Waals surface area contributed by atoms with E-state index in [0.717, 1.165) is 0 Å². The summed E-state index contributed by atoms with van der Waals surface area (Å²) in [7, 11) is 0. The number of rotatable bonds is 1. The van der Waals surface area contributed by atoms with Gasteiger partial charge < -0.3 is 15.0 Å². The van der Waals surface area contributed by atoms with Gasteiger partial charge in [-0.15, -0.1) is 11.6 Å². The molecule has 0 saturated carbocycles. The molecule has 1 atom stereocenters. The minimum Gasteiger partial charge on any atom is -0.547 e. The van der Waals surface area contributed by atoms with Gasteiger partial charge in [0.1, 0.15) is 3.92 Å². The van der Waals surface area contributed by atoms with Crippen molar-refractivity contribution in [3.8, 4) is 0 Å². The zero-order chi connectivity index (χ0) is 6.08. The number of carboxylic acid groups (broad SMARTS) is 1. The molecule has 0 saturated heterocycles. The van der Waals surface area contributed by atoms with Crippen molar-refractivity contribution in [1.82, 2.24) is 0 Å². The van der Waals surface area contributed by atoms with Crippen LogP contribution in [0.25, 0.3) is 0 Å². The third kappa shape index (κ3) is 5.39. The molecule has 0 bridgehead atoms. The van der Waals surface area contributed by atoms with Crippen molar-refractivity contribution >= 4 is 33.9 Å². The topological polar surface area (TPSA) is 60.4 Å². The predicted molar refractivity (Wildman–Crippen MR) is 24.4 cm³/mol. The molecule has 0 aliphatic rings. The third-order valence-corrected chi connectivity index (χ3v) is 0.935. The minimum atomic E-state index is -2.08. The number of aliphatic carboxylic acids is 1. The number of alkyl halides is 1. The van der Waals surface area contributed by atoms with Crippen LogP contribution in [0.15, 0.2) is 0 Å². The zero-order valence-electron chi connectivity index (χ0n) is 4.64. The predicted octanol–water partition coefficient (Wildman–Crippen LogP) is -5.74. The van der Waals surface area contributed by atoms with Crippen molar-refractivity contribution in [3.05, 3.63) is 0 Å². The van der Waals surface area contributed by atoms with Crippen LogP contribution in [0, 0.1) is 0 Å². The second-order valence-electron chi connectivity index (χ2n) is 1.24. The van der Waals surface area contributed by atoms with Gasteiger partial charge in [0.25, 0.3) is 16.3 Å². The van der Waals surface area contributed by atoms with Gasteiger partial charge in [0, 0.05) is 0 Å². The molecule has 0 aromatic rings. The van der Waals surface area contributed by atoms with Crippen LogP contribution in [0.4, 0.5) is 0 Å². The Morgan fingerprint density at radius 1 is 1.88 bits per heavy atom. The number of hydrogen-bond donors (Lipinski definition) is 1. The molecule has 0 amide bonds. The van der Waals surface area contributed by atoms with Crippen molar-refractivity contribution in [2.75, 3.05) is 0 Å². The van der Waals surface area contributed by atoms with Crippen LogP contribution in [-0.2, 0) is 4.79 Å². The molecule has 0 radical (unpaired) electrons. The Balaban J connectivity index is 0. The molecule has 40 valence electrons. The Labute approximate surface area is 81.7 Å². The molecular formula is C2H3AlClNaO3. The monoisotopic (exact) mass is 160 g/mol. The van der Waals surface area contributed by atoms with Gasteiger partial charge in [0.15, 0.2) is 0 Å². The second kappa shape index (κ2) is 4.13. The number of carboxylic acids is 1. The molecule has 1 unspecified atom stereocenters. The van der Waals surface area contributed by atoms with Crippen LogP contribution in [0.2, 0.25) is 0 Å². The fourth-order valence-electron chi connectivity index (χ4n) is 0. The Bertz CT molecular complexity index is 89.8. The van der Waals surface area contributed by atoms with E-state index in [9.17, 15) is 9.90 Å². The molecule has 0 spiro atoms. The maximum absolute atomic E-state index is 9.56. The van der Waals surface area contributed by atoms with Crippen LogP contribution in [0.1, 0.15) is 0 Å². The van der Waals surface area contributed by atoms with Crippen molar-refractivity contribution in [3.63, 3.8) is 0 Å². The minimum absolute atomic E-state index is 0. The van der Waals surface area contributed by atoms with E-state index >= 15 is 0 Å². The summed E-state index contributed by atoms with van der Waals surface area (Å²) in [6.07, 6.45) is 0. The van der Waals surface area contributed by atoms with Gasteiger partial charge in [0.2, 0.25) is 0 Å². The number of aliphatic hydroxyl groups is 1. The van der Waals surface area contributed by atoms with E-state index in [-0.39, 0.29) is 45.8 Å². The Kier molecular flexibility index (Phi) is 6.18. The molecule has 0 fully saturated rings. The molecule has 1 N–H and O–H groups in total. The van der Waals surface area contributed by atoms with Crippen LogP contribution in [-0.4, -0.2) is 31.3 Å². The van der Waals surface area contributed by atoms with Crippen molar-refractivity contribution in [2.45, 2.75) is 3.92 Å². The summed E-state index contributed by atoms with van der Waals surface area (Å²) in [5.41, 5.74) is 0. The summed E-state index contributed by atoms with van der Waals surface area (Å²) in [6.45, 7) is 0. The molecule has 0 aliphatic carbocycles. The average Bonchev–Trinajstić information content (AvgIpc) is 1.31. The second-order valence-corrected chi connectivity index (χ2v) is 4.06. The summed E-state index contributed by atoms with van der Waals surface area (Å²) in [5, 5.41) is 17.8. The maximum Gasteiger partial charge on any atom is 1.00 e. The zero-order valence-corrected chi connectivity index (χ0v) is 9.40. The number of carbonyl (C=O) groups is 1. The number of carbonyl (C=O) groups excluding carboxylic acids is 1. The fraction of sp³-hybridized carbons (Fsp3) is 0.500. The van der Waals surface area contributed by atoms with E-state index in [1.807, 2.05) is 0 Å². The quantitative estimate of drug-likeness (QED) is 0.307. The Morgan fingerprint density at radius 3 is 2.00 bits per heavy atom. The van der Waals surface area contributed by atoms with E-state index in [1.54, 1.807) is 0 Å². The van der Waals surface area contributed by atoms with Gasteiger partial charge in [-0.25, -0.2) is 0 Å². The molecule has 8 heavy (non-hydrogen) atoms. The summed E-state index contributed by atoms with van der Waals surface area (Å²) in [4.78, 5) is 9.56. The van der Waals surface area contributed by atoms with Crippen molar-refractivity contribution in [1.29, 1.82) is 0 Å². The summed E-state index contributed by atoms with van der Waals surface area (Å²) in [5.74, 6) is -1.62. The first-order chi connectivity index (χ1) is 2.94. The number of halogens is 1. The van der Waals surface area contributed by atoms with Gasteiger partial charge in [-0.2, -0.15) is 0 Å². The molecule has 6 heteroatoms. The fourth-order valence-corrected chi connectivity index (χ4v) is 0. The first kappa shape index (κ1) is 12.0. The van der Waals surface area contributed by atoms with Crippen molar-refractivity contribution < 1.29 is 44.6 Å². The maximum atomic E-state index is 9.56. The molecule has 0 aromatic carbocycles. The van der Waals surface area contributed by atoms with Gasteiger partial charge in [0.05, 0.1) is 5.97 Å². The third-order valence-electron chi connectivity index (χ3n) is 0.373. The Morgan fingerprint density at radius 2 is 2.00 bits per heavy atom. The molecule has 3 nitrogen and oxygen atoms in total. The van der Waals surface area contributed by atoms with E-state index < -0.39 is 9.89 Å². The summed E-state index contributed by atoms with van der Waals surface area (Å²) < 4.78 is -2.08. The standard InChI is InChI=1S/C2H2ClO3.Al.Na.2H/c3-1(4)2(5)6;;;;/h4H,(H,5,6);;;;/q;;+1;;/p-1. The molecule has 0 aromatic heterocycles. The van der Waals surface area contributed by atoms with E-state index in [4.69, 9.17) is 16.7 Å². The van der Waals surface area contributed by atoms with Crippen molar-refractivity contribution in [2.24, 2.45) is 0 Å².